The molecule has 2 N–H and O–H groups in total. The molecule has 1 aromatic heterocycles. The van der Waals surface area contributed by atoms with Gasteiger partial charge in [-0.05, 0) is 13.8 Å². The van der Waals surface area contributed by atoms with Gasteiger partial charge in [0, 0.05) is 6.42 Å². The van der Waals surface area contributed by atoms with Crippen molar-refractivity contribution in [3.05, 3.63) is 11.7 Å². The summed E-state index contributed by atoms with van der Waals surface area (Å²) >= 11 is 0. The van der Waals surface area contributed by atoms with Gasteiger partial charge in [-0.25, -0.2) is 0 Å². The van der Waals surface area contributed by atoms with Crippen molar-refractivity contribution in [1.29, 1.82) is 0 Å². The van der Waals surface area contributed by atoms with Crippen LogP contribution < -0.4 is 5.73 Å². The lowest BCUT2D eigenvalue weighted by Gasteiger charge is -1.98. The number of aryl methyl sites for hydroxylation is 1. The number of ether oxygens (including phenoxy) is 1. The minimum Gasteiger partial charge on any atom is -0.466 e. The lowest BCUT2D eigenvalue weighted by Crippen LogP contribution is -2.07. The predicted molar refractivity (Wildman–Crippen MR) is 59.1 cm³/mol. The number of aromatic nitrogens is 2. The molecule has 1 rings (SSSR count). The van der Waals surface area contributed by atoms with E-state index >= 15 is 0 Å². The Labute approximate surface area is 99.9 Å². The smallest absolute Gasteiger partial charge is 0.306 e. The van der Waals surface area contributed by atoms with E-state index in [1.165, 1.54) is 0 Å². The summed E-state index contributed by atoms with van der Waals surface area (Å²) in [6.45, 7) is 3.91. The Kier molecular flexibility index (Phi) is 6.67. The van der Waals surface area contributed by atoms with Gasteiger partial charge in [0.2, 0.25) is 5.89 Å². The van der Waals surface area contributed by atoms with Crippen molar-refractivity contribution in [2.75, 3.05) is 6.61 Å². The van der Waals surface area contributed by atoms with Gasteiger partial charge in [-0.3, -0.25) is 4.79 Å². The van der Waals surface area contributed by atoms with E-state index in [1.54, 1.807) is 13.8 Å². The normalized spacial score (nSPS) is 11.7. The van der Waals surface area contributed by atoms with Crippen molar-refractivity contribution in [3.63, 3.8) is 0 Å². The third-order valence-electron chi connectivity index (χ3n) is 1.74. The SMILES string of the molecule is CCOC(=O)CCc1nc([C@H](C)N)no1.Cl. The lowest BCUT2D eigenvalue weighted by molar-refractivity contribution is -0.143. The van der Waals surface area contributed by atoms with Crippen molar-refractivity contribution in [3.8, 4) is 0 Å². The first kappa shape index (κ1) is 14.9. The van der Waals surface area contributed by atoms with Crippen LogP contribution in [-0.4, -0.2) is 22.7 Å². The predicted octanol–water partition coefficient (Wildman–Crippen LogP) is 1.01. The highest BCUT2D eigenvalue weighted by molar-refractivity contribution is 5.85. The molecule has 7 heteroatoms. The Hall–Kier alpha value is -1.14. The monoisotopic (exact) mass is 249 g/mol. The Bertz CT molecular complexity index is 328. The molecule has 0 unspecified atom stereocenters. The van der Waals surface area contributed by atoms with E-state index in [4.69, 9.17) is 15.0 Å². The average molecular weight is 250 g/mol. The number of rotatable bonds is 5. The molecule has 0 radical (unpaired) electrons. The maximum absolute atomic E-state index is 11.0. The second kappa shape index (κ2) is 7.19. The van der Waals surface area contributed by atoms with Crippen LogP contribution in [0.1, 0.15) is 38.0 Å². The van der Waals surface area contributed by atoms with E-state index in [9.17, 15) is 4.79 Å². The third kappa shape index (κ3) is 4.59. The second-order valence-corrected chi connectivity index (χ2v) is 3.14. The number of halogens is 1. The summed E-state index contributed by atoms with van der Waals surface area (Å²) in [5, 5.41) is 3.68. The van der Waals surface area contributed by atoms with E-state index in [1.807, 2.05) is 0 Å². The number of carbonyl (C=O) groups excluding carboxylic acids is 1. The first-order valence-corrected chi connectivity index (χ1v) is 4.87. The van der Waals surface area contributed by atoms with Crippen LogP contribution in [0.3, 0.4) is 0 Å². The van der Waals surface area contributed by atoms with Gasteiger partial charge in [0.15, 0.2) is 5.82 Å². The van der Waals surface area contributed by atoms with Gasteiger partial charge in [0.05, 0.1) is 19.1 Å². The molecule has 0 saturated carbocycles. The van der Waals surface area contributed by atoms with Crippen molar-refractivity contribution < 1.29 is 14.1 Å². The van der Waals surface area contributed by atoms with Crippen LogP contribution in [0.2, 0.25) is 0 Å². The molecule has 1 atom stereocenters. The molecular formula is C9H16ClN3O3. The standard InChI is InChI=1S/C9H15N3O3.ClH/c1-3-14-8(13)5-4-7-11-9(6(2)10)12-15-7;/h6H,3-5,10H2,1-2H3;1H/t6-;/m0./s1. The summed E-state index contributed by atoms with van der Waals surface area (Å²) in [5.74, 6) is 0.599. The van der Waals surface area contributed by atoms with Crippen LogP contribution in [0, 0.1) is 0 Å². The number of hydrogen-bond acceptors (Lipinski definition) is 6. The second-order valence-electron chi connectivity index (χ2n) is 3.14. The Morgan fingerprint density at radius 1 is 1.62 bits per heavy atom. The molecule has 1 aromatic rings. The van der Waals surface area contributed by atoms with Gasteiger partial charge < -0.3 is 15.0 Å². The van der Waals surface area contributed by atoms with Gasteiger partial charge >= 0.3 is 5.97 Å². The first-order valence-electron chi connectivity index (χ1n) is 4.87. The molecule has 16 heavy (non-hydrogen) atoms. The fraction of sp³-hybridized carbons (Fsp3) is 0.667. The zero-order valence-electron chi connectivity index (χ0n) is 9.30. The molecule has 1 heterocycles. The molecule has 0 fully saturated rings. The molecule has 0 bridgehead atoms. The molecule has 0 amide bonds. The summed E-state index contributed by atoms with van der Waals surface area (Å²) in [6, 6.07) is -0.259. The lowest BCUT2D eigenvalue weighted by atomic mass is 10.3. The molecule has 0 aliphatic carbocycles. The molecule has 0 aromatic carbocycles. The van der Waals surface area contributed by atoms with Crippen LogP contribution >= 0.6 is 12.4 Å². The topological polar surface area (TPSA) is 91.2 Å². The fourth-order valence-corrected chi connectivity index (χ4v) is 0.997. The quantitative estimate of drug-likeness (QED) is 0.783. The van der Waals surface area contributed by atoms with Gasteiger partial charge in [0.1, 0.15) is 0 Å². The average Bonchev–Trinajstić information content (AvgIpc) is 2.63. The highest BCUT2D eigenvalue weighted by atomic mass is 35.5. The maximum Gasteiger partial charge on any atom is 0.306 e. The molecular weight excluding hydrogens is 234 g/mol. The van der Waals surface area contributed by atoms with E-state index in [-0.39, 0.29) is 30.8 Å². The van der Waals surface area contributed by atoms with Crippen molar-refractivity contribution in [2.45, 2.75) is 32.7 Å². The van der Waals surface area contributed by atoms with Crippen molar-refractivity contribution in [2.24, 2.45) is 5.73 Å². The molecule has 0 aliphatic heterocycles. The third-order valence-corrected chi connectivity index (χ3v) is 1.74. The van der Waals surface area contributed by atoms with E-state index < -0.39 is 0 Å². The van der Waals surface area contributed by atoms with Crippen LogP contribution in [0.4, 0.5) is 0 Å². The number of carbonyl (C=O) groups is 1. The van der Waals surface area contributed by atoms with Crippen LogP contribution in [0.5, 0.6) is 0 Å². The highest BCUT2D eigenvalue weighted by Crippen LogP contribution is 2.06. The number of nitrogens with zero attached hydrogens (tertiary/aromatic N) is 2. The maximum atomic E-state index is 11.0. The van der Waals surface area contributed by atoms with Gasteiger partial charge in [-0.2, -0.15) is 4.98 Å². The van der Waals surface area contributed by atoms with Gasteiger partial charge in [-0.1, -0.05) is 5.16 Å². The minimum atomic E-state index is -0.266. The van der Waals surface area contributed by atoms with E-state index in [0.29, 0.717) is 24.7 Å². The summed E-state index contributed by atoms with van der Waals surface area (Å²) in [7, 11) is 0. The summed E-state index contributed by atoms with van der Waals surface area (Å²) in [5.41, 5.74) is 5.55. The molecule has 0 saturated heterocycles. The molecule has 6 nitrogen and oxygen atoms in total. The van der Waals surface area contributed by atoms with Gasteiger partial charge in [-0.15, -0.1) is 12.4 Å². The van der Waals surface area contributed by atoms with Crippen molar-refractivity contribution in [1.82, 2.24) is 10.1 Å². The summed E-state index contributed by atoms with van der Waals surface area (Å²) < 4.78 is 9.67. The van der Waals surface area contributed by atoms with Crippen LogP contribution in [0.15, 0.2) is 4.52 Å². The highest BCUT2D eigenvalue weighted by Gasteiger charge is 2.11. The first-order chi connectivity index (χ1) is 7.13. The van der Waals surface area contributed by atoms with E-state index in [0.717, 1.165) is 0 Å². The largest absolute Gasteiger partial charge is 0.466 e. The fourth-order valence-electron chi connectivity index (χ4n) is 0.997. The summed E-state index contributed by atoms with van der Waals surface area (Å²) in [4.78, 5) is 15.1. The molecule has 0 spiro atoms. The van der Waals surface area contributed by atoms with Crippen LogP contribution in [-0.2, 0) is 16.0 Å². The van der Waals surface area contributed by atoms with Crippen molar-refractivity contribution >= 4 is 18.4 Å². The Morgan fingerprint density at radius 3 is 2.81 bits per heavy atom. The minimum absolute atomic E-state index is 0. The Morgan fingerprint density at radius 2 is 2.31 bits per heavy atom. The number of esters is 1. The number of hydrogen-bond donors (Lipinski definition) is 1. The molecule has 92 valence electrons. The zero-order chi connectivity index (χ0) is 11.3. The van der Waals surface area contributed by atoms with Gasteiger partial charge in [0.25, 0.3) is 0 Å². The summed E-state index contributed by atoms with van der Waals surface area (Å²) in [6.07, 6.45) is 0.632. The van der Waals surface area contributed by atoms with E-state index in [2.05, 4.69) is 10.1 Å². The zero-order valence-corrected chi connectivity index (χ0v) is 10.1. The Balaban J connectivity index is 0.00000225. The van der Waals surface area contributed by atoms with Crippen LogP contribution in [0.25, 0.3) is 0 Å². The number of nitrogens with two attached hydrogens (primary N) is 1. The molecule has 0 aliphatic rings.